The average molecular weight is 391 g/mol. The van der Waals surface area contributed by atoms with E-state index in [0.29, 0.717) is 5.02 Å². The number of hydrogen-bond acceptors (Lipinski definition) is 5. The fourth-order valence-electron chi connectivity index (χ4n) is 3.67. The number of pyridine rings is 3. The van der Waals surface area contributed by atoms with E-state index in [4.69, 9.17) is 16.6 Å². The van der Waals surface area contributed by atoms with E-state index in [1.54, 1.807) is 12.4 Å². The highest BCUT2D eigenvalue weighted by molar-refractivity contribution is 6.33. The Labute approximate surface area is 167 Å². The third kappa shape index (κ3) is 3.10. The van der Waals surface area contributed by atoms with Crippen LogP contribution in [0.15, 0.2) is 48.9 Å². The van der Waals surface area contributed by atoms with Crippen LogP contribution in [0.4, 0.5) is 5.82 Å². The summed E-state index contributed by atoms with van der Waals surface area (Å²) in [7, 11) is 0. The van der Waals surface area contributed by atoms with Gasteiger partial charge in [-0.25, -0.2) is 4.98 Å². The van der Waals surface area contributed by atoms with Gasteiger partial charge in [-0.15, -0.1) is 0 Å². The highest BCUT2D eigenvalue weighted by Crippen LogP contribution is 2.32. The molecular formula is C21H19ClN6. The molecule has 4 aromatic rings. The Morgan fingerprint density at radius 3 is 2.71 bits per heavy atom. The summed E-state index contributed by atoms with van der Waals surface area (Å²) in [4.78, 5) is 15.9. The average Bonchev–Trinajstić information content (AvgIpc) is 3.19. The maximum Gasteiger partial charge on any atom is 0.148 e. The summed E-state index contributed by atoms with van der Waals surface area (Å²) in [6.45, 7) is 1.99. The zero-order chi connectivity index (χ0) is 18.9. The van der Waals surface area contributed by atoms with Gasteiger partial charge in [0.25, 0.3) is 0 Å². The lowest BCUT2D eigenvalue weighted by atomic mass is 10.1. The first-order chi connectivity index (χ1) is 13.8. The van der Waals surface area contributed by atoms with Gasteiger partial charge in [-0.2, -0.15) is 5.10 Å². The first kappa shape index (κ1) is 17.1. The monoisotopic (exact) mass is 390 g/mol. The van der Waals surface area contributed by atoms with Gasteiger partial charge in [0.15, 0.2) is 0 Å². The van der Waals surface area contributed by atoms with Crippen LogP contribution in [0, 0.1) is 0 Å². The van der Waals surface area contributed by atoms with E-state index in [-0.39, 0.29) is 0 Å². The van der Waals surface area contributed by atoms with Crippen LogP contribution in [0.5, 0.6) is 0 Å². The summed E-state index contributed by atoms with van der Waals surface area (Å²) in [5.74, 6) is 0.844. The molecule has 1 aliphatic heterocycles. The van der Waals surface area contributed by atoms with E-state index in [0.717, 1.165) is 52.5 Å². The van der Waals surface area contributed by atoms with Crippen molar-refractivity contribution < 1.29 is 0 Å². The molecule has 5 rings (SSSR count). The molecule has 1 fully saturated rings. The molecule has 0 aliphatic carbocycles. The van der Waals surface area contributed by atoms with E-state index < -0.39 is 0 Å². The fourth-order valence-corrected chi connectivity index (χ4v) is 3.90. The van der Waals surface area contributed by atoms with E-state index in [1.165, 1.54) is 19.3 Å². The van der Waals surface area contributed by atoms with Crippen molar-refractivity contribution in [2.45, 2.75) is 19.3 Å². The molecule has 0 unspecified atom stereocenters. The fraction of sp³-hybridized carbons (Fsp3) is 0.238. The van der Waals surface area contributed by atoms with Crippen molar-refractivity contribution in [3.05, 3.63) is 53.9 Å². The van der Waals surface area contributed by atoms with Crippen molar-refractivity contribution in [3.8, 4) is 22.6 Å². The van der Waals surface area contributed by atoms with Gasteiger partial charge in [-0.3, -0.25) is 15.1 Å². The van der Waals surface area contributed by atoms with Crippen LogP contribution in [-0.2, 0) is 0 Å². The molecule has 28 heavy (non-hydrogen) atoms. The van der Waals surface area contributed by atoms with Crippen LogP contribution in [0.25, 0.3) is 33.5 Å². The molecule has 1 aliphatic rings. The number of aromatic nitrogens is 5. The zero-order valence-corrected chi connectivity index (χ0v) is 16.0. The molecule has 0 aromatic carbocycles. The van der Waals surface area contributed by atoms with Crippen LogP contribution in [0.1, 0.15) is 19.3 Å². The number of piperidine rings is 1. The van der Waals surface area contributed by atoms with E-state index >= 15 is 0 Å². The molecule has 4 aromatic heterocycles. The standard InChI is InChI=1S/C21H19ClN6/c22-16-6-7-17(25-21(16)28-9-2-1-3-10-28)20-15-11-18(14-5-4-8-23-12-14)24-13-19(15)26-27-20/h4-8,11-13H,1-3,9-10H2,(H,26,27). The second-order valence-electron chi connectivity index (χ2n) is 6.98. The summed E-state index contributed by atoms with van der Waals surface area (Å²) < 4.78 is 0. The van der Waals surface area contributed by atoms with Gasteiger partial charge < -0.3 is 4.90 Å². The Morgan fingerprint density at radius 2 is 1.89 bits per heavy atom. The molecule has 0 saturated carbocycles. The molecule has 5 heterocycles. The zero-order valence-electron chi connectivity index (χ0n) is 15.3. The van der Waals surface area contributed by atoms with E-state index in [2.05, 4.69) is 25.1 Å². The predicted molar refractivity (Wildman–Crippen MR) is 111 cm³/mol. The maximum atomic E-state index is 6.47. The first-order valence-electron chi connectivity index (χ1n) is 9.46. The van der Waals surface area contributed by atoms with Crippen LogP contribution in [-0.4, -0.2) is 38.2 Å². The molecule has 0 atom stereocenters. The minimum Gasteiger partial charge on any atom is -0.355 e. The molecule has 0 spiro atoms. The molecular weight excluding hydrogens is 372 g/mol. The molecule has 6 nitrogen and oxygen atoms in total. The number of H-pyrrole nitrogens is 1. The number of anilines is 1. The van der Waals surface area contributed by atoms with Crippen LogP contribution >= 0.6 is 11.6 Å². The normalized spacial score (nSPS) is 14.5. The Balaban J connectivity index is 1.59. The first-order valence-corrected chi connectivity index (χ1v) is 9.84. The predicted octanol–water partition coefficient (Wildman–Crippen LogP) is 4.73. The minimum atomic E-state index is 0.684. The molecule has 0 radical (unpaired) electrons. The van der Waals surface area contributed by atoms with Crippen molar-refractivity contribution in [2.75, 3.05) is 18.0 Å². The highest BCUT2D eigenvalue weighted by Gasteiger charge is 2.18. The number of nitrogens with zero attached hydrogens (tertiary/aromatic N) is 5. The summed E-state index contributed by atoms with van der Waals surface area (Å²) >= 11 is 6.47. The van der Waals surface area contributed by atoms with Crippen molar-refractivity contribution in [3.63, 3.8) is 0 Å². The lowest BCUT2D eigenvalue weighted by Gasteiger charge is -2.28. The smallest absolute Gasteiger partial charge is 0.148 e. The molecule has 0 amide bonds. The van der Waals surface area contributed by atoms with Gasteiger partial charge in [0.1, 0.15) is 11.5 Å². The second kappa shape index (κ2) is 7.20. The molecule has 1 saturated heterocycles. The Bertz CT molecular complexity index is 1120. The number of halogens is 1. The third-order valence-electron chi connectivity index (χ3n) is 5.13. The van der Waals surface area contributed by atoms with Crippen LogP contribution in [0.3, 0.4) is 0 Å². The van der Waals surface area contributed by atoms with Crippen molar-refractivity contribution in [1.29, 1.82) is 0 Å². The van der Waals surface area contributed by atoms with E-state index in [1.807, 2.05) is 36.5 Å². The Kier molecular flexibility index (Phi) is 4.41. The lowest BCUT2D eigenvalue weighted by Crippen LogP contribution is -2.30. The maximum absolute atomic E-state index is 6.47. The molecule has 140 valence electrons. The van der Waals surface area contributed by atoms with Gasteiger partial charge in [0.2, 0.25) is 0 Å². The van der Waals surface area contributed by atoms with Crippen molar-refractivity contribution in [1.82, 2.24) is 25.1 Å². The lowest BCUT2D eigenvalue weighted by molar-refractivity contribution is 0.573. The molecule has 1 N–H and O–H groups in total. The van der Waals surface area contributed by atoms with Crippen molar-refractivity contribution >= 4 is 28.3 Å². The van der Waals surface area contributed by atoms with Crippen LogP contribution < -0.4 is 4.90 Å². The number of fused-ring (bicyclic) bond motifs is 1. The van der Waals surface area contributed by atoms with Gasteiger partial charge in [-0.05, 0) is 49.6 Å². The Hall–Kier alpha value is -2.99. The Morgan fingerprint density at radius 1 is 1.00 bits per heavy atom. The topological polar surface area (TPSA) is 70.6 Å². The summed E-state index contributed by atoms with van der Waals surface area (Å²) in [5, 5.41) is 9.24. The summed E-state index contributed by atoms with van der Waals surface area (Å²) in [6, 6.07) is 9.77. The number of aromatic amines is 1. The van der Waals surface area contributed by atoms with Crippen molar-refractivity contribution in [2.24, 2.45) is 0 Å². The minimum absolute atomic E-state index is 0.684. The summed E-state index contributed by atoms with van der Waals surface area (Å²) in [5.41, 5.74) is 4.30. The molecule has 0 bridgehead atoms. The van der Waals surface area contributed by atoms with Gasteiger partial charge in [-0.1, -0.05) is 11.6 Å². The third-order valence-corrected chi connectivity index (χ3v) is 5.43. The number of hydrogen-bond donors (Lipinski definition) is 1. The summed E-state index contributed by atoms with van der Waals surface area (Å²) in [6.07, 6.45) is 8.98. The number of nitrogens with one attached hydrogen (secondary N) is 1. The number of rotatable bonds is 3. The largest absolute Gasteiger partial charge is 0.355 e. The second-order valence-corrected chi connectivity index (χ2v) is 7.39. The SMILES string of the molecule is Clc1ccc(-c2n[nH]c3cnc(-c4cccnc4)cc23)nc1N1CCCCC1. The van der Waals surface area contributed by atoms with Crippen LogP contribution in [0.2, 0.25) is 5.02 Å². The van der Waals surface area contributed by atoms with Gasteiger partial charge in [0.05, 0.1) is 28.1 Å². The van der Waals surface area contributed by atoms with E-state index in [9.17, 15) is 0 Å². The quantitative estimate of drug-likeness (QED) is 0.547. The highest BCUT2D eigenvalue weighted by atomic mass is 35.5. The molecule has 7 heteroatoms. The van der Waals surface area contributed by atoms with Gasteiger partial charge >= 0.3 is 0 Å². The van der Waals surface area contributed by atoms with Gasteiger partial charge in [0, 0.05) is 36.4 Å².